The van der Waals surface area contributed by atoms with Crippen molar-refractivity contribution in [1.29, 1.82) is 0 Å². The Hall–Kier alpha value is -1.29. The average molecular weight is 492 g/mol. The van der Waals surface area contributed by atoms with Gasteiger partial charge < -0.3 is 19.8 Å². The van der Waals surface area contributed by atoms with Crippen LogP contribution in [0.3, 0.4) is 0 Å². The van der Waals surface area contributed by atoms with Gasteiger partial charge in [-0.1, -0.05) is 6.42 Å². The second kappa shape index (κ2) is 10.9. The number of nitrogens with one attached hydrogen (secondary N) is 2. The molecule has 2 heterocycles. The number of rotatable bonds is 6. The predicted octanol–water partition coefficient (Wildman–Crippen LogP) is 2.92. The molecule has 2 N–H and O–H groups in total. The van der Waals surface area contributed by atoms with Gasteiger partial charge in [0.2, 0.25) is 0 Å². The zero-order valence-corrected chi connectivity index (χ0v) is 19.4. The Morgan fingerprint density at radius 2 is 1.96 bits per heavy atom. The summed E-state index contributed by atoms with van der Waals surface area (Å²) in [6.45, 7) is 9.84. The summed E-state index contributed by atoms with van der Waals surface area (Å²) >= 11 is 0. The van der Waals surface area contributed by atoms with E-state index < -0.39 is 0 Å². The number of hydrogen-bond acceptors (Lipinski definition) is 5. The summed E-state index contributed by atoms with van der Waals surface area (Å²) in [5, 5.41) is 6.63. The second-order valence-electron chi connectivity index (χ2n) is 7.31. The van der Waals surface area contributed by atoms with Crippen LogP contribution >= 0.6 is 24.0 Å². The zero-order valence-electron chi connectivity index (χ0n) is 17.1. The van der Waals surface area contributed by atoms with E-state index in [1.165, 1.54) is 26.4 Å². The molecule has 0 unspecified atom stereocenters. The standard InChI is InChI=1S/C19H32N4O3.HI/c1-14-16(17(24)25-5)11-15(26-14)12-21-18(20-4)22-13-19(2,3)23-9-7-6-8-10-23;/h11H,6-10,12-13H2,1-5H3,(H2,20,21,22);1H. The van der Waals surface area contributed by atoms with Gasteiger partial charge in [-0.05, 0) is 52.8 Å². The summed E-state index contributed by atoms with van der Waals surface area (Å²) in [5.74, 6) is 1.55. The number of methoxy groups -OCH3 is 1. The fraction of sp³-hybridized carbons (Fsp3) is 0.684. The number of carbonyl (C=O) groups is 1. The Morgan fingerprint density at radius 1 is 1.30 bits per heavy atom. The number of likely N-dealkylation sites (tertiary alicyclic amines) is 1. The normalized spacial score (nSPS) is 15.8. The minimum atomic E-state index is -0.386. The van der Waals surface area contributed by atoms with Crippen molar-refractivity contribution >= 4 is 35.9 Å². The van der Waals surface area contributed by atoms with E-state index in [1.54, 1.807) is 20.0 Å². The van der Waals surface area contributed by atoms with Crippen LogP contribution in [0, 0.1) is 6.92 Å². The summed E-state index contributed by atoms with van der Waals surface area (Å²) in [4.78, 5) is 18.5. The van der Waals surface area contributed by atoms with Gasteiger partial charge in [0.1, 0.15) is 17.1 Å². The van der Waals surface area contributed by atoms with Crippen molar-refractivity contribution in [3.05, 3.63) is 23.2 Å². The minimum absolute atomic E-state index is 0. The number of halogens is 1. The van der Waals surface area contributed by atoms with Crippen molar-refractivity contribution in [2.24, 2.45) is 4.99 Å². The Balaban J connectivity index is 0.00000364. The highest BCUT2D eigenvalue weighted by molar-refractivity contribution is 14.0. The summed E-state index contributed by atoms with van der Waals surface area (Å²) in [6, 6.07) is 1.71. The molecule has 1 aromatic rings. The SMILES string of the molecule is CN=C(NCc1cc(C(=O)OC)c(C)o1)NCC(C)(C)N1CCCCC1.I. The van der Waals surface area contributed by atoms with E-state index in [1.807, 2.05) is 0 Å². The van der Waals surface area contributed by atoms with Crippen molar-refractivity contribution in [3.63, 3.8) is 0 Å². The number of aliphatic imine (C=N–C) groups is 1. The third-order valence-electron chi connectivity index (χ3n) is 4.93. The van der Waals surface area contributed by atoms with Crippen LogP contribution in [0.5, 0.6) is 0 Å². The highest BCUT2D eigenvalue weighted by Crippen LogP contribution is 2.20. The average Bonchev–Trinajstić information content (AvgIpc) is 3.02. The smallest absolute Gasteiger partial charge is 0.341 e. The van der Waals surface area contributed by atoms with Gasteiger partial charge in [0.05, 0.1) is 13.7 Å². The number of ether oxygens (including phenoxy) is 1. The molecule has 0 saturated carbocycles. The Bertz CT molecular complexity index is 637. The minimum Gasteiger partial charge on any atom is -0.465 e. The van der Waals surface area contributed by atoms with Gasteiger partial charge in [-0.25, -0.2) is 4.79 Å². The topological polar surface area (TPSA) is 79.1 Å². The molecule has 0 aromatic carbocycles. The van der Waals surface area contributed by atoms with Crippen LogP contribution in [0.4, 0.5) is 0 Å². The number of nitrogens with zero attached hydrogens (tertiary/aromatic N) is 2. The highest BCUT2D eigenvalue weighted by atomic mass is 127. The molecule has 0 aliphatic carbocycles. The second-order valence-corrected chi connectivity index (χ2v) is 7.31. The van der Waals surface area contributed by atoms with Crippen molar-refractivity contribution < 1.29 is 13.9 Å². The lowest BCUT2D eigenvalue weighted by Gasteiger charge is -2.41. The molecular weight excluding hydrogens is 459 g/mol. The first kappa shape index (κ1) is 23.7. The fourth-order valence-electron chi connectivity index (χ4n) is 3.25. The van der Waals surface area contributed by atoms with Gasteiger partial charge in [-0.2, -0.15) is 0 Å². The van der Waals surface area contributed by atoms with Crippen LogP contribution in [0.25, 0.3) is 0 Å². The van der Waals surface area contributed by atoms with Crippen LogP contribution < -0.4 is 10.6 Å². The molecule has 0 amide bonds. The van der Waals surface area contributed by atoms with Gasteiger partial charge in [0, 0.05) is 19.1 Å². The van der Waals surface area contributed by atoms with Crippen LogP contribution in [0.2, 0.25) is 0 Å². The van der Waals surface area contributed by atoms with Crippen molar-refractivity contribution in [2.75, 3.05) is 33.8 Å². The van der Waals surface area contributed by atoms with Crippen LogP contribution in [0.15, 0.2) is 15.5 Å². The van der Waals surface area contributed by atoms with E-state index in [4.69, 9.17) is 9.15 Å². The van der Waals surface area contributed by atoms with Crippen molar-refractivity contribution in [3.8, 4) is 0 Å². The summed E-state index contributed by atoms with van der Waals surface area (Å²) < 4.78 is 10.4. The van der Waals surface area contributed by atoms with Crippen LogP contribution in [-0.4, -0.2) is 56.2 Å². The third-order valence-corrected chi connectivity index (χ3v) is 4.93. The Labute approximate surface area is 179 Å². The first-order valence-corrected chi connectivity index (χ1v) is 9.24. The molecule has 1 saturated heterocycles. The number of hydrogen-bond donors (Lipinski definition) is 2. The molecule has 7 nitrogen and oxygen atoms in total. The number of carbonyl (C=O) groups excluding carboxylic acids is 1. The molecule has 1 aliphatic rings. The number of furan rings is 1. The summed E-state index contributed by atoms with van der Waals surface area (Å²) in [6.07, 6.45) is 3.88. The molecule has 0 bridgehead atoms. The van der Waals surface area contributed by atoms with E-state index in [2.05, 4.69) is 34.4 Å². The van der Waals surface area contributed by atoms with Crippen LogP contribution in [0.1, 0.15) is 55.0 Å². The number of guanidine groups is 1. The lowest BCUT2D eigenvalue weighted by atomic mass is 9.98. The van der Waals surface area contributed by atoms with Gasteiger partial charge >= 0.3 is 5.97 Å². The lowest BCUT2D eigenvalue weighted by Crippen LogP contribution is -2.54. The highest BCUT2D eigenvalue weighted by Gasteiger charge is 2.28. The van der Waals surface area contributed by atoms with E-state index in [0.717, 1.165) is 19.6 Å². The molecule has 2 rings (SSSR count). The van der Waals surface area contributed by atoms with Gasteiger partial charge in [-0.3, -0.25) is 9.89 Å². The number of piperidine rings is 1. The molecular formula is C19H33IN4O3. The molecule has 27 heavy (non-hydrogen) atoms. The molecule has 0 spiro atoms. The lowest BCUT2D eigenvalue weighted by molar-refractivity contribution is 0.0599. The summed E-state index contributed by atoms with van der Waals surface area (Å²) in [7, 11) is 3.11. The molecule has 1 fully saturated rings. The maximum absolute atomic E-state index is 11.7. The fourth-order valence-corrected chi connectivity index (χ4v) is 3.25. The molecule has 8 heteroatoms. The Morgan fingerprint density at radius 3 is 2.56 bits per heavy atom. The van der Waals surface area contributed by atoms with Crippen molar-refractivity contribution in [1.82, 2.24) is 15.5 Å². The van der Waals surface area contributed by atoms with Gasteiger partial charge in [0.15, 0.2) is 5.96 Å². The Kier molecular flexibility index (Phi) is 9.58. The maximum Gasteiger partial charge on any atom is 0.341 e. The predicted molar refractivity (Wildman–Crippen MR) is 118 cm³/mol. The quantitative estimate of drug-likeness (QED) is 0.275. The van der Waals surface area contributed by atoms with Gasteiger partial charge in [0.25, 0.3) is 0 Å². The molecule has 1 aliphatic heterocycles. The third kappa shape index (κ3) is 6.67. The molecule has 154 valence electrons. The molecule has 0 atom stereocenters. The first-order valence-electron chi connectivity index (χ1n) is 9.24. The maximum atomic E-state index is 11.7. The van der Waals surface area contributed by atoms with Crippen molar-refractivity contribution in [2.45, 2.75) is 52.1 Å². The molecule has 0 radical (unpaired) electrons. The largest absolute Gasteiger partial charge is 0.465 e. The number of esters is 1. The molecule has 1 aromatic heterocycles. The van der Waals surface area contributed by atoms with Gasteiger partial charge in [-0.15, -0.1) is 24.0 Å². The van der Waals surface area contributed by atoms with E-state index in [0.29, 0.717) is 29.6 Å². The van der Waals surface area contributed by atoms with E-state index in [9.17, 15) is 4.79 Å². The van der Waals surface area contributed by atoms with Crippen LogP contribution in [-0.2, 0) is 11.3 Å². The first-order chi connectivity index (χ1) is 12.4. The number of aryl methyl sites for hydroxylation is 1. The summed E-state index contributed by atoms with van der Waals surface area (Å²) in [5.41, 5.74) is 0.524. The van der Waals surface area contributed by atoms with E-state index in [-0.39, 0.29) is 35.5 Å². The monoisotopic (exact) mass is 492 g/mol. The zero-order chi connectivity index (χ0) is 19.2. The van der Waals surface area contributed by atoms with E-state index >= 15 is 0 Å².